The van der Waals surface area contributed by atoms with Crippen LogP contribution in [0.2, 0.25) is 10.0 Å². The molecular formula is C18H14Cl2N2O. The van der Waals surface area contributed by atoms with E-state index in [1.807, 2.05) is 38.1 Å². The summed E-state index contributed by atoms with van der Waals surface area (Å²) in [6.45, 7) is 3.79. The first-order valence-electron chi connectivity index (χ1n) is 6.87. The molecule has 0 fully saturated rings. The number of halogens is 2. The standard InChI is InChI=1S/C18H14Cl2N2O/c1-11-4-3-5-12(2)17(11)22-18(23)14(10-21)8-13-6-7-15(19)9-16(13)20/h3-9H,1-2H3,(H,22,23). The second-order valence-corrected chi connectivity index (χ2v) is 5.90. The van der Waals surface area contributed by atoms with Gasteiger partial charge in [0.15, 0.2) is 0 Å². The SMILES string of the molecule is Cc1cccc(C)c1NC(=O)C(C#N)=Cc1ccc(Cl)cc1Cl. The van der Waals surface area contributed by atoms with E-state index < -0.39 is 5.91 Å². The zero-order chi connectivity index (χ0) is 17.0. The number of benzene rings is 2. The van der Waals surface area contributed by atoms with E-state index in [0.717, 1.165) is 11.1 Å². The van der Waals surface area contributed by atoms with Crippen LogP contribution in [-0.2, 0) is 4.79 Å². The Morgan fingerprint density at radius 1 is 1.17 bits per heavy atom. The van der Waals surface area contributed by atoms with Crippen LogP contribution >= 0.6 is 23.2 Å². The number of aryl methyl sites for hydroxylation is 2. The van der Waals surface area contributed by atoms with Gasteiger partial charge in [-0.25, -0.2) is 0 Å². The Hall–Kier alpha value is -2.28. The van der Waals surface area contributed by atoms with Crippen molar-refractivity contribution < 1.29 is 4.79 Å². The van der Waals surface area contributed by atoms with Gasteiger partial charge >= 0.3 is 0 Å². The fraction of sp³-hybridized carbons (Fsp3) is 0.111. The average molecular weight is 345 g/mol. The second-order valence-electron chi connectivity index (χ2n) is 5.06. The minimum Gasteiger partial charge on any atom is -0.321 e. The Labute approximate surface area is 145 Å². The Bertz CT molecular complexity index is 815. The van der Waals surface area contributed by atoms with E-state index in [-0.39, 0.29) is 5.57 Å². The van der Waals surface area contributed by atoms with Gasteiger partial charge in [-0.1, -0.05) is 47.5 Å². The van der Waals surface area contributed by atoms with Crippen LogP contribution in [0.5, 0.6) is 0 Å². The average Bonchev–Trinajstić information content (AvgIpc) is 2.50. The molecule has 116 valence electrons. The monoisotopic (exact) mass is 344 g/mol. The van der Waals surface area contributed by atoms with E-state index in [1.165, 1.54) is 6.08 Å². The first kappa shape index (κ1) is 17.1. The molecule has 2 aromatic rings. The van der Waals surface area contributed by atoms with Gasteiger partial charge in [0.25, 0.3) is 5.91 Å². The molecule has 0 atom stereocenters. The zero-order valence-electron chi connectivity index (χ0n) is 12.7. The van der Waals surface area contributed by atoms with Crippen molar-refractivity contribution in [3.05, 3.63) is 68.7 Å². The van der Waals surface area contributed by atoms with Crippen LogP contribution in [0.1, 0.15) is 16.7 Å². The summed E-state index contributed by atoms with van der Waals surface area (Å²) < 4.78 is 0. The molecule has 0 bridgehead atoms. The van der Waals surface area contributed by atoms with E-state index in [1.54, 1.807) is 18.2 Å². The number of amides is 1. The van der Waals surface area contributed by atoms with Crippen molar-refractivity contribution in [3.8, 4) is 6.07 Å². The van der Waals surface area contributed by atoms with Gasteiger partial charge in [-0.05, 0) is 48.7 Å². The number of hydrogen-bond acceptors (Lipinski definition) is 2. The molecule has 0 aromatic heterocycles. The fourth-order valence-electron chi connectivity index (χ4n) is 2.12. The van der Waals surface area contributed by atoms with Crippen molar-refractivity contribution in [3.63, 3.8) is 0 Å². The molecule has 0 aliphatic rings. The zero-order valence-corrected chi connectivity index (χ0v) is 14.2. The minimum absolute atomic E-state index is 0.0307. The lowest BCUT2D eigenvalue weighted by Gasteiger charge is -2.11. The normalized spacial score (nSPS) is 11.0. The van der Waals surface area contributed by atoms with Gasteiger partial charge in [-0.2, -0.15) is 5.26 Å². The summed E-state index contributed by atoms with van der Waals surface area (Å²) in [6, 6.07) is 12.5. The van der Waals surface area contributed by atoms with E-state index in [2.05, 4.69) is 5.32 Å². The van der Waals surface area contributed by atoms with Crippen LogP contribution in [0, 0.1) is 25.2 Å². The number of nitrogens with one attached hydrogen (secondary N) is 1. The van der Waals surface area contributed by atoms with Gasteiger partial charge in [0.05, 0.1) is 0 Å². The number of carbonyl (C=O) groups is 1. The highest BCUT2D eigenvalue weighted by Gasteiger charge is 2.13. The maximum atomic E-state index is 12.4. The topological polar surface area (TPSA) is 52.9 Å². The van der Waals surface area contributed by atoms with Gasteiger partial charge in [0.1, 0.15) is 11.6 Å². The van der Waals surface area contributed by atoms with Crippen molar-refractivity contribution in [2.24, 2.45) is 0 Å². The van der Waals surface area contributed by atoms with Crippen molar-refractivity contribution in [2.45, 2.75) is 13.8 Å². The van der Waals surface area contributed by atoms with Crippen LogP contribution in [-0.4, -0.2) is 5.91 Å². The molecule has 1 amide bonds. The van der Waals surface area contributed by atoms with E-state index in [4.69, 9.17) is 23.2 Å². The first-order chi connectivity index (χ1) is 10.9. The van der Waals surface area contributed by atoms with Crippen LogP contribution in [0.4, 0.5) is 5.69 Å². The number of carbonyl (C=O) groups excluding carboxylic acids is 1. The molecule has 0 radical (unpaired) electrons. The highest BCUT2D eigenvalue weighted by atomic mass is 35.5. The predicted octanol–water partition coefficient (Wildman–Crippen LogP) is 5.16. The molecule has 5 heteroatoms. The van der Waals surface area contributed by atoms with Crippen LogP contribution in [0.25, 0.3) is 6.08 Å². The van der Waals surface area contributed by atoms with Crippen LogP contribution in [0.3, 0.4) is 0 Å². The number of anilines is 1. The molecule has 3 nitrogen and oxygen atoms in total. The van der Waals surface area contributed by atoms with E-state index >= 15 is 0 Å². The van der Waals surface area contributed by atoms with Crippen molar-refractivity contribution in [1.82, 2.24) is 0 Å². The van der Waals surface area contributed by atoms with E-state index in [0.29, 0.717) is 21.3 Å². The highest BCUT2D eigenvalue weighted by Crippen LogP contribution is 2.24. The number of nitrogens with zero attached hydrogens (tertiary/aromatic N) is 1. The fourth-order valence-corrected chi connectivity index (χ4v) is 2.58. The molecule has 0 aliphatic heterocycles. The number of rotatable bonds is 3. The number of nitriles is 1. The molecule has 2 aromatic carbocycles. The summed E-state index contributed by atoms with van der Waals surface area (Å²) in [6.07, 6.45) is 1.45. The predicted molar refractivity (Wildman–Crippen MR) is 94.6 cm³/mol. The summed E-state index contributed by atoms with van der Waals surface area (Å²) in [7, 11) is 0. The van der Waals surface area contributed by atoms with Crippen molar-refractivity contribution in [2.75, 3.05) is 5.32 Å². The molecule has 23 heavy (non-hydrogen) atoms. The molecule has 1 N–H and O–H groups in total. The van der Waals surface area contributed by atoms with Gasteiger partial charge < -0.3 is 5.32 Å². The second kappa shape index (κ2) is 7.32. The lowest BCUT2D eigenvalue weighted by Crippen LogP contribution is -2.15. The van der Waals surface area contributed by atoms with Crippen LogP contribution < -0.4 is 5.32 Å². The quantitative estimate of drug-likeness (QED) is 0.617. The molecule has 0 saturated heterocycles. The van der Waals surface area contributed by atoms with Gasteiger partial charge in [-0.3, -0.25) is 4.79 Å². The van der Waals surface area contributed by atoms with Crippen molar-refractivity contribution in [1.29, 1.82) is 5.26 Å². The Morgan fingerprint density at radius 2 is 1.83 bits per heavy atom. The third-order valence-corrected chi connectivity index (χ3v) is 3.91. The minimum atomic E-state index is -0.476. The van der Waals surface area contributed by atoms with Gasteiger partial charge in [0.2, 0.25) is 0 Å². The van der Waals surface area contributed by atoms with Crippen LogP contribution in [0.15, 0.2) is 42.0 Å². The number of hydrogen-bond donors (Lipinski definition) is 1. The summed E-state index contributed by atoms with van der Waals surface area (Å²) in [5.41, 5.74) is 3.10. The Morgan fingerprint density at radius 3 is 2.39 bits per heavy atom. The molecule has 0 spiro atoms. The smallest absolute Gasteiger partial charge is 0.266 e. The molecule has 0 unspecified atom stereocenters. The highest BCUT2D eigenvalue weighted by molar-refractivity contribution is 6.35. The number of para-hydroxylation sites is 1. The largest absolute Gasteiger partial charge is 0.321 e. The van der Waals surface area contributed by atoms with E-state index in [9.17, 15) is 10.1 Å². The lowest BCUT2D eigenvalue weighted by atomic mass is 10.1. The first-order valence-corrected chi connectivity index (χ1v) is 7.62. The Balaban J connectivity index is 2.32. The molecule has 0 aliphatic carbocycles. The molecular weight excluding hydrogens is 331 g/mol. The lowest BCUT2D eigenvalue weighted by molar-refractivity contribution is -0.112. The molecule has 2 rings (SSSR count). The maximum Gasteiger partial charge on any atom is 0.266 e. The third-order valence-electron chi connectivity index (χ3n) is 3.35. The van der Waals surface area contributed by atoms with Crippen molar-refractivity contribution >= 4 is 40.9 Å². The summed E-state index contributed by atoms with van der Waals surface area (Å²) in [4.78, 5) is 12.4. The third kappa shape index (κ3) is 4.13. The van der Waals surface area contributed by atoms with Gasteiger partial charge in [-0.15, -0.1) is 0 Å². The van der Waals surface area contributed by atoms with Gasteiger partial charge in [0, 0.05) is 15.7 Å². The summed E-state index contributed by atoms with van der Waals surface area (Å²) >= 11 is 11.9. The Kier molecular flexibility index (Phi) is 5.44. The maximum absolute atomic E-state index is 12.4. The molecule has 0 saturated carbocycles. The summed E-state index contributed by atoms with van der Waals surface area (Å²) in [5.74, 6) is -0.476. The molecule has 0 heterocycles. The summed E-state index contributed by atoms with van der Waals surface area (Å²) in [5, 5.41) is 12.9.